The number of carbonyl (C=O) groups excluding carboxylic acids is 1. The minimum atomic E-state index is -0.252. The van der Waals surface area contributed by atoms with Crippen LogP contribution in [-0.2, 0) is 11.2 Å². The Morgan fingerprint density at radius 3 is 2.96 bits per heavy atom. The second kappa shape index (κ2) is 6.66. The maximum Gasteiger partial charge on any atom is 0.229 e. The molecule has 4 atom stereocenters. The van der Waals surface area contributed by atoms with E-state index >= 15 is 0 Å². The van der Waals surface area contributed by atoms with Crippen molar-refractivity contribution in [3.05, 3.63) is 29.8 Å². The van der Waals surface area contributed by atoms with Crippen molar-refractivity contribution in [2.24, 2.45) is 17.3 Å². The Bertz CT molecular complexity index is 643. The van der Waals surface area contributed by atoms with Crippen LogP contribution in [0.5, 0.6) is 5.75 Å². The molecule has 3 fully saturated rings. The highest BCUT2D eigenvalue weighted by Crippen LogP contribution is 2.45. The van der Waals surface area contributed by atoms with E-state index in [0.29, 0.717) is 11.9 Å². The molecule has 0 spiro atoms. The lowest BCUT2D eigenvalue weighted by Crippen LogP contribution is -2.48. The van der Waals surface area contributed by atoms with Crippen molar-refractivity contribution in [3.63, 3.8) is 0 Å². The minimum Gasteiger partial charge on any atom is -0.497 e. The lowest BCUT2D eigenvalue weighted by Gasteiger charge is -2.44. The zero-order valence-electron chi connectivity index (χ0n) is 15.7. The van der Waals surface area contributed by atoms with Crippen LogP contribution in [0.1, 0.15) is 57.4 Å². The Labute approximate surface area is 151 Å². The molecular weight excluding hydrogens is 310 g/mol. The van der Waals surface area contributed by atoms with Crippen molar-refractivity contribution < 1.29 is 9.53 Å². The fourth-order valence-electron chi connectivity index (χ4n) is 5.63. The van der Waals surface area contributed by atoms with Gasteiger partial charge in [0, 0.05) is 12.6 Å². The molecule has 1 aliphatic heterocycles. The standard InChI is InChI=1S/C22H31NO2/c1-22(15-17-6-4-8-19(14-17)25-2)11-12-23(21(22)24)20-10-9-16-5-3-7-18(20)13-16/h4,6,8,14,16,18,20H,3,5,7,9-13,15H2,1-2H3. The summed E-state index contributed by atoms with van der Waals surface area (Å²) >= 11 is 0. The second-order valence-corrected chi connectivity index (χ2v) is 8.77. The summed E-state index contributed by atoms with van der Waals surface area (Å²) in [7, 11) is 1.70. The van der Waals surface area contributed by atoms with Gasteiger partial charge in [-0.3, -0.25) is 4.79 Å². The van der Waals surface area contributed by atoms with Gasteiger partial charge in [-0.2, -0.15) is 0 Å². The monoisotopic (exact) mass is 341 g/mol. The number of fused-ring (bicyclic) bond motifs is 2. The van der Waals surface area contributed by atoms with E-state index in [1.165, 1.54) is 44.1 Å². The van der Waals surface area contributed by atoms with Crippen LogP contribution >= 0.6 is 0 Å². The number of hydrogen-bond donors (Lipinski definition) is 0. The molecule has 1 aromatic rings. The summed E-state index contributed by atoms with van der Waals surface area (Å²) in [5.41, 5.74) is 0.955. The van der Waals surface area contributed by atoms with Gasteiger partial charge >= 0.3 is 0 Å². The molecule has 0 radical (unpaired) electrons. The number of likely N-dealkylation sites (tertiary alicyclic amines) is 1. The Hall–Kier alpha value is -1.51. The Morgan fingerprint density at radius 2 is 2.12 bits per heavy atom. The fraction of sp³-hybridized carbons (Fsp3) is 0.682. The van der Waals surface area contributed by atoms with E-state index in [2.05, 4.69) is 24.0 Å². The number of methoxy groups -OCH3 is 1. The van der Waals surface area contributed by atoms with Crippen LogP contribution < -0.4 is 4.74 Å². The first-order valence-corrected chi connectivity index (χ1v) is 10.0. The van der Waals surface area contributed by atoms with E-state index in [1.807, 2.05) is 12.1 Å². The van der Waals surface area contributed by atoms with Gasteiger partial charge in [0.1, 0.15) is 5.75 Å². The first kappa shape index (κ1) is 16.9. The maximum absolute atomic E-state index is 13.3. The predicted octanol–water partition coefficient (Wildman–Crippen LogP) is 4.45. The van der Waals surface area contributed by atoms with Gasteiger partial charge in [0.2, 0.25) is 5.91 Å². The molecule has 2 saturated carbocycles. The summed E-state index contributed by atoms with van der Waals surface area (Å²) in [5, 5.41) is 0. The lowest BCUT2D eigenvalue weighted by molar-refractivity contribution is -0.139. The molecule has 1 aromatic carbocycles. The molecule has 4 rings (SSSR count). The number of hydrogen-bond acceptors (Lipinski definition) is 2. The lowest BCUT2D eigenvalue weighted by atomic mass is 9.69. The van der Waals surface area contributed by atoms with Crippen molar-refractivity contribution in [1.82, 2.24) is 4.90 Å². The summed E-state index contributed by atoms with van der Waals surface area (Å²) in [6.45, 7) is 3.12. The highest BCUT2D eigenvalue weighted by atomic mass is 16.5. The van der Waals surface area contributed by atoms with E-state index in [1.54, 1.807) is 7.11 Å². The van der Waals surface area contributed by atoms with Gasteiger partial charge in [0.15, 0.2) is 0 Å². The third-order valence-corrected chi connectivity index (χ3v) is 7.05. The van der Waals surface area contributed by atoms with Crippen LogP contribution in [0.3, 0.4) is 0 Å². The van der Waals surface area contributed by atoms with E-state index in [0.717, 1.165) is 37.0 Å². The molecule has 0 N–H and O–H groups in total. The van der Waals surface area contributed by atoms with Crippen molar-refractivity contribution in [3.8, 4) is 5.75 Å². The largest absolute Gasteiger partial charge is 0.497 e. The van der Waals surface area contributed by atoms with Gasteiger partial charge in [0.05, 0.1) is 12.5 Å². The number of rotatable bonds is 4. The Morgan fingerprint density at radius 1 is 1.24 bits per heavy atom. The van der Waals surface area contributed by atoms with E-state index in [9.17, 15) is 4.79 Å². The van der Waals surface area contributed by atoms with Crippen molar-refractivity contribution in [2.45, 2.75) is 64.3 Å². The molecule has 3 aliphatic rings. The third kappa shape index (κ3) is 3.18. The van der Waals surface area contributed by atoms with Gasteiger partial charge in [-0.15, -0.1) is 0 Å². The molecule has 0 aromatic heterocycles. The van der Waals surface area contributed by atoms with Crippen molar-refractivity contribution in [2.75, 3.05) is 13.7 Å². The summed E-state index contributed by atoms with van der Waals surface area (Å²) in [5.74, 6) is 2.97. The van der Waals surface area contributed by atoms with Gasteiger partial charge in [0.25, 0.3) is 0 Å². The normalized spacial score (nSPS) is 35.0. The molecule has 1 saturated heterocycles. The highest BCUT2D eigenvalue weighted by Gasteiger charge is 2.48. The molecule has 3 heteroatoms. The summed E-state index contributed by atoms with van der Waals surface area (Å²) in [6, 6.07) is 8.70. The van der Waals surface area contributed by atoms with Gasteiger partial charge in [-0.1, -0.05) is 31.9 Å². The van der Waals surface area contributed by atoms with Crippen molar-refractivity contribution >= 4 is 5.91 Å². The molecule has 1 heterocycles. The molecule has 3 nitrogen and oxygen atoms in total. The predicted molar refractivity (Wildman–Crippen MR) is 99.6 cm³/mol. The van der Waals surface area contributed by atoms with Crippen LogP contribution in [0.4, 0.5) is 0 Å². The van der Waals surface area contributed by atoms with Crippen LogP contribution in [-0.4, -0.2) is 30.5 Å². The fourth-order valence-corrected chi connectivity index (χ4v) is 5.63. The Balaban J connectivity index is 1.48. The molecule has 2 aliphatic carbocycles. The summed E-state index contributed by atoms with van der Waals surface area (Å²) in [6.07, 6.45) is 9.85. The number of nitrogens with zero attached hydrogens (tertiary/aromatic N) is 1. The van der Waals surface area contributed by atoms with E-state index < -0.39 is 0 Å². The van der Waals surface area contributed by atoms with Crippen LogP contribution in [0.25, 0.3) is 0 Å². The van der Waals surface area contributed by atoms with E-state index in [-0.39, 0.29) is 5.41 Å². The molecule has 1 amide bonds. The molecule has 25 heavy (non-hydrogen) atoms. The average molecular weight is 341 g/mol. The number of carbonyl (C=O) groups is 1. The van der Waals surface area contributed by atoms with Crippen LogP contribution in [0.2, 0.25) is 0 Å². The van der Waals surface area contributed by atoms with Crippen molar-refractivity contribution in [1.29, 1.82) is 0 Å². The quantitative estimate of drug-likeness (QED) is 0.810. The first-order valence-electron chi connectivity index (χ1n) is 10.0. The average Bonchev–Trinajstić information content (AvgIpc) is 2.91. The van der Waals surface area contributed by atoms with E-state index in [4.69, 9.17) is 4.74 Å². The molecule has 136 valence electrons. The number of benzene rings is 1. The first-order chi connectivity index (χ1) is 12.1. The van der Waals surface area contributed by atoms with Gasteiger partial charge < -0.3 is 9.64 Å². The van der Waals surface area contributed by atoms with Gasteiger partial charge in [-0.25, -0.2) is 0 Å². The maximum atomic E-state index is 13.3. The SMILES string of the molecule is COc1cccc(CC2(C)CCN(C3CCC4CCCC3C4)C2=O)c1. The molecular formula is C22H31NO2. The minimum absolute atomic E-state index is 0.252. The number of amides is 1. The zero-order chi connectivity index (χ0) is 17.4. The highest BCUT2D eigenvalue weighted by molar-refractivity contribution is 5.85. The number of ether oxygens (including phenoxy) is 1. The third-order valence-electron chi connectivity index (χ3n) is 7.05. The zero-order valence-corrected chi connectivity index (χ0v) is 15.7. The summed E-state index contributed by atoms with van der Waals surface area (Å²) < 4.78 is 5.35. The second-order valence-electron chi connectivity index (χ2n) is 8.77. The van der Waals surface area contributed by atoms with Crippen LogP contribution in [0, 0.1) is 17.3 Å². The molecule has 2 bridgehead atoms. The smallest absolute Gasteiger partial charge is 0.229 e. The van der Waals surface area contributed by atoms with Crippen LogP contribution in [0.15, 0.2) is 24.3 Å². The molecule has 4 unspecified atom stereocenters. The van der Waals surface area contributed by atoms with Gasteiger partial charge in [-0.05, 0) is 68.1 Å². The topological polar surface area (TPSA) is 29.5 Å². The summed E-state index contributed by atoms with van der Waals surface area (Å²) in [4.78, 5) is 15.6. The Kier molecular flexibility index (Phi) is 4.51.